The topological polar surface area (TPSA) is 55.4 Å². The van der Waals surface area contributed by atoms with Gasteiger partial charge in [-0.05, 0) is 74.0 Å². The van der Waals surface area contributed by atoms with Crippen LogP contribution in [0.3, 0.4) is 0 Å². The van der Waals surface area contributed by atoms with E-state index in [0.717, 1.165) is 30.7 Å². The standard InChI is InChI=1S/C18H27NO3/c1-11-2-15(11)17(21)22-9-16(20)19-10-18-6-12-3-13(7-18)5-14(4-12)8-18/h11-15H,2-10H2,1H3,(H,19,20)/t11-,12?,13?,14?,15-,18?/m0/s1. The lowest BCUT2D eigenvalue weighted by molar-refractivity contribution is -0.150. The number of esters is 1. The monoisotopic (exact) mass is 305 g/mol. The van der Waals surface area contributed by atoms with Crippen LogP contribution in [0.5, 0.6) is 0 Å². The molecule has 22 heavy (non-hydrogen) atoms. The third-order valence-corrected chi connectivity index (χ3v) is 6.58. The van der Waals surface area contributed by atoms with E-state index in [2.05, 4.69) is 5.32 Å². The molecule has 0 radical (unpaired) electrons. The van der Waals surface area contributed by atoms with Gasteiger partial charge >= 0.3 is 5.97 Å². The first kappa shape index (κ1) is 14.5. The van der Waals surface area contributed by atoms with E-state index in [1.165, 1.54) is 38.5 Å². The highest BCUT2D eigenvalue weighted by Crippen LogP contribution is 2.59. The van der Waals surface area contributed by atoms with Crippen LogP contribution in [0.25, 0.3) is 0 Å². The van der Waals surface area contributed by atoms with E-state index in [1.54, 1.807) is 0 Å². The van der Waals surface area contributed by atoms with Gasteiger partial charge in [-0.2, -0.15) is 0 Å². The first-order valence-corrected chi connectivity index (χ1v) is 8.96. The summed E-state index contributed by atoms with van der Waals surface area (Å²) in [6.45, 7) is 2.72. The molecule has 4 heteroatoms. The van der Waals surface area contributed by atoms with Gasteiger partial charge in [0.05, 0.1) is 5.92 Å². The number of carbonyl (C=O) groups is 2. The van der Waals surface area contributed by atoms with Gasteiger partial charge in [0.1, 0.15) is 0 Å². The van der Waals surface area contributed by atoms with Crippen molar-refractivity contribution in [2.45, 2.75) is 51.9 Å². The molecule has 0 aromatic heterocycles. The Morgan fingerprint density at radius 2 is 1.59 bits per heavy atom. The number of carbonyl (C=O) groups excluding carboxylic acids is 2. The second-order valence-electron chi connectivity index (χ2n) is 8.62. The summed E-state index contributed by atoms with van der Waals surface area (Å²) < 4.78 is 5.12. The molecule has 0 aromatic carbocycles. The van der Waals surface area contributed by atoms with Crippen LogP contribution in [0, 0.1) is 35.0 Å². The summed E-state index contributed by atoms with van der Waals surface area (Å²) in [5, 5.41) is 3.05. The third-order valence-electron chi connectivity index (χ3n) is 6.58. The molecule has 4 bridgehead atoms. The molecule has 5 aliphatic carbocycles. The fraction of sp³-hybridized carbons (Fsp3) is 0.889. The van der Waals surface area contributed by atoms with E-state index < -0.39 is 0 Å². The van der Waals surface area contributed by atoms with Gasteiger partial charge in [-0.3, -0.25) is 9.59 Å². The van der Waals surface area contributed by atoms with Crippen molar-refractivity contribution in [2.75, 3.05) is 13.2 Å². The summed E-state index contributed by atoms with van der Waals surface area (Å²) >= 11 is 0. The maximum atomic E-state index is 12.0. The van der Waals surface area contributed by atoms with Gasteiger partial charge < -0.3 is 10.1 Å². The highest BCUT2D eigenvalue weighted by atomic mass is 16.5. The van der Waals surface area contributed by atoms with Crippen LogP contribution in [-0.4, -0.2) is 25.0 Å². The summed E-state index contributed by atoms with van der Waals surface area (Å²) in [4.78, 5) is 23.6. The van der Waals surface area contributed by atoms with Crippen LogP contribution in [0.4, 0.5) is 0 Å². The molecule has 1 amide bonds. The van der Waals surface area contributed by atoms with Crippen molar-refractivity contribution in [1.82, 2.24) is 5.32 Å². The van der Waals surface area contributed by atoms with Crippen molar-refractivity contribution < 1.29 is 14.3 Å². The largest absolute Gasteiger partial charge is 0.455 e. The minimum atomic E-state index is -0.197. The molecule has 0 heterocycles. The molecule has 0 unspecified atom stereocenters. The van der Waals surface area contributed by atoms with Crippen molar-refractivity contribution in [1.29, 1.82) is 0 Å². The maximum absolute atomic E-state index is 12.0. The number of amides is 1. The highest BCUT2D eigenvalue weighted by Gasteiger charge is 2.50. The molecule has 4 nitrogen and oxygen atoms in total. The van der Waals surface area contributed by atoms with E-state index in [1.807, 2.05) is 6.92 Å². The van der Waals surface area contributed by atoms with E-state index in [0.29, 0.717) is 11.3 Å². The second kappa shape index (κ2) is 5.24. The number of hydrogen-bond acceptors (Lipinski definition) is 3. The average molecular weight is 305 g/mol. The quantitative estimate of drug-likeness (QED) is 0.794. The Morgan fingerprint density at radius 1 is 1.05 bits per heavy atom. The smallest absolute Gasteiger partial charge is 0.309 e. The predicted molar refractivity (Wildman–Crippen MR) is 81.8 cm³/mol. The molecule has 1 N–H and O–H groups in total. The zero-order valence-electron chi connectivity index (χ0n) is 13.5. The van der Waals surface area contributed by atoms with Crippen molar-refractivity contribution in [3.8, 4) is 0 Å². The van der Waals surface area contributed by atoms with E-state index in [4.69, 9.17) is 4.74 Å². The summed E-state index contributed by atoms with van der Waals surface area (Å²) in [5.74, 6) is 2.85. The zero-order valence-corrected chi connectivity index (χ0v) is 13.5. The Morgan fingerprint density at radius 3 is 2.09 bits per heavy atom. The molecule has 5 rings (SSSR count). The normalized spacial score (nSPS) is 44.7. The van der Waals surface area contributed by atoms with Gasteiger partial charge in [0, 0.05) is 6.54 Å². The van der Waals surface area contributed by atoms with Crippen LogP contribution >= 0.6 is 0 Å². The second-order valence-corrected chi connectivity index (χ2v) is 8.62. The summed E-state index contributed by atoms with van der Waals surface area (Å²) in [6, 6.07) is 0. The molecule has 5 saturated carbocycles. The maximum Gasteiger partial charge on any atom is 0.309 e. The third kappa shape index (κ3) is 2.77. The van der Waals surface area contributed by atoms with Crippen LogP contribution in [-0.2, 0) is 14.3 Å². The van der Waals surface area contributed by atoms with Crippen LogP contribution in [0.1, 0.15) is 51.9 Å². The van der Waals surface area contributed by atoms with Gasteiger partial charge in [0.25, 0.3) is 5.91 Å². The van der Waals surface area contributed by atoms with E-state index in [9.17, 15) is 9.59 Å². The van der Waals surface area contributed by atoms with Gasteiger partial charge in [0.15, 0.2) is 6.61 Å². The first-order chi connectivity index (χ1) is 10.5. The van der Waals surface area contributed by atoms with Crippen LogP contribution in [0.2, 0.25) is 0 Å². The molecule has 0 spiro atoms. The zero-order chi connectivity index (χ0) is 15.3. The number of ether oxygens (including phenoxy) is 1. The van der Waals surface area contributed by atoms with Crippen LogP contribution in [0.15, 0.2) is 0 Å². The van der Waals surface area contributed by atoms with E-state index in [-0.39, 0.29) is 24.4 Å². The van der Waals surface area contributed by atoms with Gasteiger partial charge in [0.2, 0.25) is 0 Å². The fourth-order valence-electron chi connectivity index (χ4n) is 5.74. The van der Waals surface area contributed by atoms with Gasteiger partial charge in [-0.1, -0.05) is 6.92 Å². The molecule has 0 aromatic rings. The number of nitrogens with one attached hydrogen (secondary N) is 1. The Balaban J connectivity index is 1.24. The molecular formula is C18H27NO3. The number of rotatable bonds is 5. The minimum absolute atomic E-state index is 0.0379. The van der Waals surface area contributed by atoms with Gasteiger partial charge in [-0.25, -0.2) is 0 Å². The first-order valence-electron chi connectivity index (χ1n) is 8.96. The van der Waals surface area contributed by atoms with Crippen molar-refractivity contribution in [2.24, 2.45) is 35.0 Å². The molecule has 5 aliphatic rings. The lowest BCUT2D eigenvalue weighted by Crippen LogP contribution is -2.51. The van der Waals surface area contributed by atoms with Gasteiger partial charge in [-0.15, -0.1) is 0 Å². The van der Waals surface area contributed by atoms with Crippen LogP contribution < -0.4 is 5.32 Å². The Kier molecular flexibility index (Phi) is 3.46. The average Bonchev–Trinajstić information content (AvgIpc) is 3.18. The summed E-state index contributed by atoms with van der Waals surface area (Å²) in [7, 11) is 0. The predicted octanol–water partition coefficient (Wildman–Crippen LogP) is 2.52. The minimum Gasteiger partial charge on any atom is -0.455 e. The van der Waals surface area contributed by atoms with Crippen molar-refractivity contribution in [3.05, 3.63) is 0 Å². The molecule has 122 valence electrons. The lowest BCUT2D eigenvalue weighted by atomic mass is 9.49. The summed E-state index contributed by atoms with van der Waals surface area (Å²) in [6.07, 6.45) is 9.04. The fourth-order valence-corrected chi connectivity index (χ4v) is 5.74. The SMILES string of the molecule is C[C@H]1C[C@@H]1C(=O)OCC(=O)NCC12CC3CC(CC(C3)C1)C2. The summed E-state index contributed by atoms with van der Waals surface area (Å²) in [5.41, 5.74) is 0.347. The molecule has 5 fully saturated rings. The molecule has 0 aliphatic heterocycles. The Hall–Kier alpha value is -1.06. The Bertz CT molecular complexity index is 451. The molecular weight excluding hydrogens is 278 g/mol. The van der Waals surface area contributed by atoms with Crippen molar-refractivity contribution >= 4 is 11.9 Å². The van der Waals surface area contributed by atoms with Crippen molar-refractivity contribution in [3.63, 3.8) is 0 Å². The molecule has 2 atom stereocenters. The Labute approximate surface area is 132 Å². The van der Waals surface area contributed by atoms with E-state index >= 15 is 0 Å². The lowest BCUT2D eigenvalue weighted by Gasteiger charge is -2.56. The highest BCUT2D eigenvalue weighted by molar-refractivity contribution is 5.82. The number of hydrogen-bond donors (Lipinski definition) is 1. The molecule has 0 saturated heterocycles.